The van der Waals surface area contributed by atoms with Gasteiger partial charge in [0.25, 0.3) is 0 Å². The fourth-order valence-electron chi connectivity index (χ4n) is 1.03. The predicted octanol–water partition coefficient (Wildman–Crippen LogP) is 0.692. The van der Waals surface area contributed by atoms with E-state index in [0.717, 1.165) is 6.54 Å². The molecule has 0 aromatic rings. The van der Waals surface area contributed by atoms with Crippen LogP contribution in [0.25, 0.3) is 0 Å². The summed E-state index contributed by atoms with van der Waals surface area (Å²) in [5.74, 6) is 0. The molecule has 0 bridgehead atoms. The Bertz CT molecular complexity index is 39.5. The monoisotopic (exact) mass is 125 g/mol. The van der Waals surface area contributed by atoms with E-state index in [4.69, 9.17) is 0 Å². The highest BCUT2D eigenvalue weighted by atomic mass is 15.3. The Labute approximate surface area is 57.6 Å². The van der Waals surface area contributed by atoms with Crippen LogP contribution in [0.4, 0.5) is 0 Å². The molecule has 0 atom stereocenters. The molecule has 0 aromatic carbocycles. The van der Waals surface area contributed by atoms with Crippen LogP contribution in [-0.4, -0.2) is 14.0 Å². The van der Waals surface area contributed by atoms with E-state index in [1.165, 1.54) is 32.0 Å². The van der Waals surface area contributed by atoms with E-state index in [2.05, 4.69) is 18.2 Å². The molecule has 1 aliphatic heterocycles. The van der Waals surface area contributed by atoms with Gasteiger partial charge in [0.2, 0.25) is 7.41 Å². The summed E-state index contributed by atoms with van der Waals surface area (Å²) in [6.07, 6.45) is 6.62. The maximum absolute atomic E-state index is 3.12. The Balaban J connectivity index is 2.02. The highest BCUT2D eigenvalue weighted by molar-refractivity contribution is 6.31. The maximum atomic E-state index is 3.12. The van der Waals surface area contributed by atoms with E-state index >= 15 is 0 Å². The molecule has 0 unspecified atom stereocenters. The van der Waals surface area contributed by atoms with Gasteiger partial charge in [-0.15, -0.1) is 0 Å². The van der Waals surface area contributed by atoms with Crippen molar-refractivity contribution in [3.63, 3.8) is 0 Å². The minimum atomic E-state index is 1.11. The average Bonchev–Trinajstić information content (AvgIpc) is 2.00. The van der Waals surface area contributed by atoms with Gasteiger partial charge in [0.05, 0.1) is 0 Å². The number of hydrazine groups is 1. The van der Waals surface area contributed by atoms with Crippen LogP contribution in [0.5, 0.6) is 0 Å². The molecule has 0 aliphatic carbocycles. The predicted molar refractivity (Wildman–Crippen MR) is 40.2 cm³/mol. The fraction of sp³-hybridized carbons (Fsp3) is 1.00. The van der Waals surface area contributed by atoms with Crippen molar-refractivity contribution >= 4 is 7.41 Å². The van der Waals surface area contributed by atoms with Crippen LogP contribution in [0.2, 0.25) is 6.32 Å². The SMILES string of the molecule is [B]1CCCCCCNN1. The van der Waals surface area contributed by atoms with Crippen LogP contribution in [-0.2, 0) is 0 Å². The smallest absolute Gasteiger partial charge is 0.225 e. The van der Waals surface area contributed by atoms with Crippen molar-refractivity contribution in [1.82, 2.24) is 10.8 Å². The van der Waals surface area contributed by atoms with Gasteiger partial charge in [0.15, 0.2) is 0 Å². The van der Waals surface area contributed by atoms with Gasteiger partial charge in [-0.05, 0) is 6.42 Å². The lowest BCUT2D eigenvalue weighted by Crippen LogP contribution is -2.34. The van der Waals surface area contributed by atoms with Crippen LogP contribution in [0.3, 0.4) is 0 Å². The summed E-state index contributed by atoms with van der Waals surface area (Å²) in [4.78, 5) is 0. The first-order valence-electron chi connectivity index (χ1n) is 3.80. The van der Waals surface area contributed by atoms with E-state index < -0.39 is 0 Å². The quantitative estimate of drug-likeness (QED) is 0.465. The van der Waals surface area contributed by atoms with Crippen molar-refractivity contribution in [2.75, 3.05) is 6.54 Å². The molecule has 0 spiro atoms. The molecule has 1 radical (unpaired) electrons. The van der Waals surface area contributed by atoms with Crippen molar-refractivity contribution in [3.05, 3.63) is 0 Å². The van der Waals surface area contributed by atoms with Gasteiger partial charge in [-0.1, -0.05) is 25.6 Å². The number of nitrogens with one attached hydrogen (secondary N) is 2. The summed E-state index contributed by atoms with van der Waals surface area (Å²) in [6, 6.07) is 0. The second kappa shape index (κ2) is 4.83. The Morgan fingerprint density at radius 3 is 2.89 bits per heavy atom. The molecule has 1 aliphatic rings. The van der Waals surface area contributed by atoms with Crippen LogP contribution >= 0.6 is 0 Å². The molecule has 0 amide bonds. The normalized spacial score (nSPS) is 23.1. The van der Waals surface area contributed by atoms with E-state index in [1.807, 2.05) is 0 Å². The highest BCUT2D eigenvalue weighted by Gasteiger charge is 1.95. The molecule has 3 heteroatoms. The molecule has 2 N–H and O–H groups in total. The summed E-state index contributed by atoms with van der Waals surface area (Å²) in [7, 11) is 2.10. The minimum Gasteiger partial charge on any atom is -0.303 e. The Morgan fingerprint density at radius 1 is 1.00 bits per heavy atom. The summed E-state index contributed by atoms with van der Waals surface area (Å²) in [6.45, 7) is 1.11. The van der Waals surface area contributed by atoms with Crippen LogP contribution in [0.15, 0.2) is 0 Å². The Morgan fingerprint density at radius 2 is 1.89 bits per heavy atom. The third kappa shape index (κ3) is 3.54. The molecule has 1 rings (SSSR count). The van der Waals surface area contributed by atoms with E-state index in [9.17, 15) is 0 Å². The average molecular weight is 125 g/mol. The van der Waals surface area contributed by atoms with E-state index in [0.29, 0.717) is 0 Å². The third-order valence-electron chi connectivity index (χ3n) is 1.60. The van der Waals surface area contributed by atoms with Crippen molar-refractivity contribution in [2.24, 2.45) is 0 Å². The molecule has 1 saturated heterocycles. The first-order valence-corrected chi connectivity index (χ1v) is 3.80. The van der Waals surface area contributed by atoms with Gasteiger partial charge in [-0.25, -0.2) is 0 Å². The Kier molecular flexibility index (Phi) is 3.80. The zero-order valence-corrected chi connectivity index (χ0v) is 5.82. The molecular weight excluding hydrogens is 111 g/mol. The maximum Gasteiger partial charge on any atom is 0.225 e. The first-order chi connectivity index (χ1) is 4.50. The minimum absolute atomic E-state index is 1.11. The number of hydrogen-bond donors (Lipinski definition) is 2. The summed E-state index contributed by atoms with van der Waals surface area (Å²) in [5, 5.41) is 3.05. The standard InChI is InChI=1S/C6H14BN2/c1-2-4-6-8-9-7-5-3-1/h8-9H,1-6H2. The van der Waals surface area contributed by atoms with Gasteiger partial charge >= 0.3 is 0 Å². The van der Waals surface area contributed by atoms with Crippen molar-refractivity contribution < 1.29 is 0 Å². The van der Waals surface area contributed by atoms with Crippen molar-refractivity contribution in [3.8, 4) is 0 Å². The lowest BCUT2D eigenvalue weighted by atomic mass is 9.87. The third-order valence-corrected chi connectivity index (χ3v) is 1.60. The second-order valence-electron chi connectivity index (χ2n) is 2.48. The highest BCUT2D eigenvalue weighted by Crippen LogP contribution is 2.02. The second-order valence-corrected chi connectivity index (χ2v) is 2.48. The van der Waals surface area contributed by atoms with Gasteiger partial charge in [-0.2, -0.15) is 0 Å². The molecule has 1 heterocycles. The summed E-state index contributed by atoms with van der Waals surface area (Å²) >= 11 is 0. The van der Waals surface area contributed by atoms with Gasteiger partial charge < -0.3 is 5.34 Å². The van der Waals surface area contributed by atoms with Gasteiger partial charge in [-0.3, -0.25) is 5.43 Å². The van der Waals surface area contributed by atoms with Gasteiger partial charge in [0.1, 0.15) is 0 Å². The molecule has 9 heavy (non-hydrogen) atoms. The van der Waals surface area contributed by atoms with Crippen LogP contribution < -0.4 is 10.8 Å². The molecule has 0 saturated carbocycles. The van der Waals surface area contributed by atoms with E-state index in [-0.39, 0.29) is 0 Å². The largest absolute Gasteiger partial charge is 0.303 e. The lowest BCUT2D eigenvalue weighted by Gasteiger charge is -2.00. The molecule has 1 fully saturated rings. The van der Waals surface area contributed by atoms with Crippen LogP contribution in [0, 0.1) is 0 Å². The number of hydrogen-bond acceptors (Lipinski definition) is 2. The summed E-state index contributed by atoms with van der Waals surface area (Å²) in [5.41, 5.74) is 3.12. The van der Waals surface area contributed by atoms with Crippen LogP contribution in [0.1, 0.15) is 25.7 Å². The van der Waals surface area contributed by atoms with Crippen molar-refractivity contribution in [2.45, 2.75) is 32.0 Å². The fourth-order valence-corrected chi connectivity index (χ4v) is 1.03. The summed E-state index contributed by atoms with van der Waals surface area (Å²) < 4.78 is 0. The first kappa shape index (κ1) is 7.10. The molecule has 0 aromatic heterocycles. The molecule has 2 nitrogen and oxygen atoms in total. The zero-order chi connectivity index (χ0) is 6.36. The molecular formula is C6H14BN2. The Hall–Kier alpha value is -0.0151. The van der Waals surface area contributed by atoms with Crippen molar-refractivity contribution in [1.29, 1.82) is 0 Å². The topological polar surface area (TPSA) is 24.1 Å². The lowest BCUT2D eigenvalue weighted by molar-refractivity contribution is 0.601. The van der Waals surface area contributed by atoms with Gasteiger partial charge in [0, 0.05) is 6.54 Å². The number of rotatable bonds is 0. The zero-order valence-electron chi connectivity index (χ0n) is 5.82. The molecule has 51 valence electrons. The van der Waals surface area contributed by atoms with E-state index in [1.54, 1.807) is 0 Å².